The lowest BCUT2D eigenvalue weighted by Gasteiger charge is -2.27. The first kappa shape index (κ1) is 12.2. The van der Waals surface area contributed by atoms with Gasteiger partial charge in [0.1, 0.15) is 11.5 Å². The normalized spacial score (nSPS) is 16.7. The average molecular weight is 370 g/mol. The van der Waals surface area contributed by atoms with Gasteiger partial charge >= 0.3 is 0 Å². The first-order valence-corrected chi connectivity index (χ1v) is 7.15. The van der Waals surface area contributed by atoms with Gasteiger partial charge in [-0.05, 0) is 30.3 Å². The summed E-state index contributed by atoms with van der Waals surface area (Å²) < 4.78 is 7.84. The molecule has 1 aliphatic rings. The van der Waals surface area contributed by atoms with Crippen LogP contribution in [-0.2, 0) is 0 Å². The van der Waals surface area contributed by atoms with E-state index in [1.807, 2.05) is 36.4 Å². The van der Waals surface area contributed by atoms with Crippen LogP contribution in [-0.4, -0.2) is 11.7 Å². The second-order valence-electron chi connectivity index (χ2n) is 4.20. The minimum absolute atomic E-state index is 0.0330. The molecular formula is C14H10Br2O2. The molecule has 92 valence electrons. The van der Waals surface area contributed by atoms with E-state index in [1.54, 1.807) is 0 Å². The molecule has 18 heavy (non-hydrogen) atoms. The average Bonchev–Trinajstić information content (AvgIpc) is 2.36. The van der Waals surface area contributed by atoms with Gasteiger partial charge in [0.05, 0.1) is 6.61 Å². The summed E-state index contributed by atoms with van der Waals surface area (Å²) >= 11 is 6.89. The molecule has 0 unspecified atom stereocenters. The highest BCUT2D eigenvalue weighted by Crippen LogP contribution is 2.45. The number of fused-ring (bicyclic) bond motifs is 2. The summed E-state index contributed by atoms with van der Waals surface area (Å²) in [5, 5.41) is 9.66. The molecule has 1 atom stereocenters. The smallest absolute Gasteiger partial charge is 0.132 e. The predicted octanol–water partition coefficient (Wildman–Crippen LogP) is 4.44. The second-order valence-corrected chi connectivity index (χ2v) is 6.03. The number of halogens is 2. The Morgan fingerprint density at radius 1 is 0.944 bits per heavy atom. The van der Waals surface area contributed by atoms with Gasteiger partial charge in [-0.1, -0.05) is 37.9 Å². The van der Waals surface area contributed by atoms with E-state index in [4.69, 9.17) is 4.74 Å². The van der Waals surface area contributed by atoms with Gasteiger partial charge in [0, 0.05) is 26.0 Å². The molecule has 4 heteroatoms. The summed E-state index contributed by atoms with van der Waals surface area (Å²) in [5.41, 5.74) is 2.04. The van der Waals surface area contributed by atoms with Crippen LogP contribution >= 0.6 is 31.9 Å². The molecule has 0 fully saturated rings. The van der Waals surface area contributed by atoms with Crippen molar-refractivity contribution in [2.24, 2.45) is 0 Å². The van der Waals surface area contributed by atoms with Crippen molar-refractivity contribution in [3.05, 3.63) is 56.5 Å². The zero-order chi connectivity index (χ0) is 12.7. The molecule has 1 heterocycles. The topological polar surface area (TPSA) is 29.5 Å². The van der Waals surface area contributed by atoms with Crippen LogP contribution in [0.15, 0.2) is 45.3 Å². The fourth-order valence-corrected chi connectivity index (χ4v) is 2.97. The standard InChI is InChI=1S/C14H10Br2O2/c15-8-2-4-13-11(5-8)12(7-17)10-3-1-9(16)6-14(10)18-13/h1-6,12,17H,7H2/t12-/m0/s1. The number of rotatable bonds is 1. The fourth-order valence-electron chi connectivity index (χ4n) is 2.25. The van der Waals surface area contributed by atoms with E-state index < -0.39 is 0 Å². The maximum absolute atomic E-state index is 9.66. The summed E-state index contributed by atoms with van der Waals surface area (Å²) in [6.07, 6.45) is 0. The predicted molar refractivity (Wildman–Crippen MR) is 77.3 cm³/mol. The van der Waals surface area contributed by atoms with Crippen molar-refractivity contribution < 1.29 is 9.84 Å². The van der Waals surface area contributed by atoms with Gasteiger partial charge in [0.15, 0.2) is 0 Å². The van der Waals surface area contributed by atoms with Gasteiger partial charge in [-0.2, -0.15) is 0 Å². The van der Waals surface area contributed by atoms with Crippen LogP contribution in [0.4, 0.5) is 0 Å². The van der Waals surface area contributed by atoms with Crippen LogP contribution in [0.2, 0.25) is 0 Å². The molecule has 2 aromatic carbocycles. The van der Waals surface area contributed by atoms with Crippen LogP contribution in [0, 0.1) is 0 Å². The summed E-state index contributed by atoms with van der Waals surface area (Å²) in [6.45, 7) is 0.0709. The van der Waals surface area contributed by atoms with E-state index in [2.05, 4.69) is 31.9 Å². The van der Waals surface area contributed by atoms with Crippen molar-refractivity contribution in [2.75, 3.05) is 6.61 Å². The monoisotopic (exact) mass is 368 g/mol. The number of hydrogen-bond donors (Lipinski definition) is 1. The third-order valence-corrected chi connectivity index (χ3v) is 4.09. The Morgan fingerprint density at radius 2 is 1.67 bits per heavy atom. The van der Waals surface area contributed by atoms with Crippen LogP contribution in [0.25, 0.3) is 0 Å². The van der Waals surface area contributed by atoms with Crippen molar-refractivity contribution in [3.8, 4) is 11.5 Å². The molecule has 0 bridgehead atoms. The molecule has 0 amide bonds. The summed E-state index contributed by atoms with van der Waals surface area (Å²) in [4.78, 5) is 0. The van der Waals surface area contributed by atoms with E-state index in [1.165, 1.54) is 0 Å². The molecule has 3 rings (SSSR count). The molecule has 1 N–H and O–H groups in total. The highest BCUT2D eigenvalue weighted by molar-refractivity contribution is 9.10. The molecule has 0 spiro atoms. The number of aliphatic hydroxyl groups excluding tert-OH is 1. The van der Waals surface area contributed by atoms with E-state index in [0.717, 1.165) is 31.6 Å². The van der Waals surface area contributed by atoms with E-state index in [0.29, 0.717) is 0 Å². The Labute approximate surface area is 122 Å². The van der Waals surface area contributed by atoms with Crippen molar-refractivity contribution in [2.45, 2.75) is 5.92 Å². The SMILES string of the molecule is OC[C@H]1c2ccc(Br)cc2Oc2ccc(Br)cc21. The molecule has 0 saturated carbocycles. The highest BCUT2D eigenvalue weighted by atomic mass is 79.9. The van der Waals surface area contributed by atoms with Crippen molar-refractivity contribution in [3.63, 3.8) is 0 Å². The zero-order valence-electron chi connectivity index (χ0n) is 9.36. The van der Waals surface area contributed by atoms with E-state index >= 15 is 0 Å². The van der Waals surface area contributed by atoms with Gasteiger partial charge in [-0.3, -0.25) is 0 Å². The van der Waals surface area contributed by atoms with E-state index in [-0.39, 0.29) is 12.5 Å². The number of benzene rings is 2. The maximum Gasteiger partial charge on any atom is 0.132 e. The van der Waals surface area contributed by atoms with Gasteiger partial charge in [-0.25, -0.2) is 0 Å². The molecule has 2 aromatic rings. The molecular weight excluding hydrogens is 360 g/mol. The largest absolute Gasteiger partial charge is 0.457 e. The van der Waals surface area contributed by atoms with Gasteiger partial charge in [-0.15, -0.1) is 0 Å². The second kappa shape index (κ2) is 4.68. The van der Waals surface area contributed by atoms with Crippen LogP contribution in [0.3, 0.4) is 0 Å². The summed E-state index contributed by atoms with van der Waals surface area (Å²) in [5.74, 6) is 1.58. The molecule has 0 saturated heterocycles. The maximum atomic E-state index is 9.66. The highest BCUT2D eigenvalue weighted by Gasteiger charge is 2.26. The fraction of sp³-hybridized carbons (Fsp3) is 0.143. The number of ether oxygens (including phenoxy) is 1. The Bertz CT molecular complexity index is 611. The lowest BCUT2D eigenvalue weighted by molar-refractivity contribution is 0.271. The lowest BCUT2D eigenvalue weighted by atomic mass is 9.89. The van der Waals surface area contributed by atoms with Crippen LogP contribution in [0.5, 0.6) is 11.5 Å². The Kier molecular flexibility index (Phi) is 3.18. The van der Waals surface area contributed by atoms with Crippen molar-refractivity contribution in [1.82, 2.24) is 0 Å². The summed E-state index contributed by atoms with van der Waals surface area (Å²) in [7, 11) is 0. The Hall–Kier alpha value is -0.840. The number of aliphatic hydroxyl groups is 1. The summed E-state index contributed by atoms with van der Waals surface area (Å²) in [6, 6.07) is 11.8. The first-order valence-electron chi connectivity index (χ1n) is 5.56. The van der Waals surface area contributed by atoms with Gasteiger partial charge in [0.2, 0.25) is 0 Å². The minimum atomic E-state index is -0.0330. The molecule has 1 aliphatic heterocycles. The minimum Gasteiger partial charge on any atom is -0.457 e. The molecule has 2 nitrogen and oxygen atoms in total. The third-order valence-electron chi connectivity index (χ3n) is 3.10. The Morgan fingerprint density at radius 3 is 2.44 bits per heavy atom. The first-order chi connectivity index (χ1) is 8.69. The third kappa shape index (κ3) is 1.98. The quantitative estimate of drug-likeness (QED) is 0.805. The van der Waals surface area contributed by atoms with Gasteiger partial charge in [0.25, 0.3) is 0 Å². The van der Waals surface area contributed by atoms with Gasteiger partial charge < -0.3 is 9.84 Å². The van der Waals surface area contributed by atoms with Crippen LogP contribution < -0.4 is 4.74 Å². The molecule has 0 aromatic heterocycles. The Balaban J connectivity index is 2.18. The zero-order valence-corrected chi connectivity index (χ0v) is 12.5. The van der Waals surface area contributed by atoms with Crippen molar-refractivity contribution in [1.29, 1.82) is 0 Å². The molecule has 0 radical (unpaired) electrons. The van der Waals surface area contributed by atoms with Crippen molar-refractivity contribution >= 4 is 31.9 Å². The molecule has 0 aliphatic carbocycles. The number of hydrogen-bond acceptors (Lipinski definition) is 2. The van der Waals surface area contributed by atoms with Crippen LogP contribution in [0.1, 0.15) is 17.0 Å². The van der Waals surface area contributed by atoms with E-state index in [9.17, 15) is 5.11 Å². The lowest BCUT2D eigenvalue weighted by Crippen LogP contribution is -2.13.